The second-order valence-corrected chi connectivity index (χ2v) is 15.3. The van der Waals surface area contributed by atoms with E-state index in [-0.39, 0.29) is 36.0 Å². The fourth-order valence-corrected chi connectivity index (χ4v) is 8.04. The number of hydrogen-bond donors (Lipinski definition) is 1. The number of aromatic nitrogens is 3. The lowest BCUT2D eigenvalue weighted by molar-refractivity contribution is -0.130. The van der Waals surface area contributed by atoms with E-state index in [0.717, 1.165) is 16.5 Å². The average molecular weight is 652 g/mol. The molecule has 0 aliphatic carbocycles. The van der Waals surface area contributed by atoms with Gasteiger partial charge < -0.3 is 24.8 Å². The summed E-state index contributed by atoms with van der Waals surface area (Å²) in [5.41, 5.74) is 3.42. The minimum absolute atomic E-state index is 0.0697. The Morgan fingerprint density at radius 3 is 2.54 bits per heavy atom. The van der Waals surface area contributed by atoms with Crippen molar-refractivity contribution in [2.75, 3.05) is 73.5 Å². The molecule has 11 nitrogen and oxygen atoms in total. The van der Waals surface area contributed by atoms with Crippen LogP contribution >= 0.6 is 0 Å². The van der Waals surface area contributed by atoms with Gasteiger partial charge in [-0.3, -0.25) is 4.79 Å². The molecule has 2 atom stereocenters. The third-order valence-corrected chi connectivity index (χ3v) is 10.3. The number of piperidine rings is 1. The van der Waals surface area contributed by atoms with Crippen LogP contribution in [0.25, 0.3) is 10.8 Å². The molecule has 3 fully saturated rings. The van der Waals surface area contributed by atoms with Crippen LogP contribution in [0.1, 0.15) is 43.2 Å². The molecule has 3 aliphatic heterocycles. The Hall–Kier alpha value is -3.84. The molecule has 0 saturated carbocycles. The fourth-order valence-electron chi connectivity index (χ4n) is 6.97. The van der Waals surface area contributed by atoms with Gasteiger partial charge in [-0.15, -0.1) is 0 Å². The van der Waals surface area contributed by atoms with E-state index in [1.807, 2.05) is 17.2 Å². The number of fused-ring (bicyclic) bond motifs is 1. The van der Waals surface area contributed by atoms with E-state index in [2.05, 4.69) is 46.7 Å². The number of carbonyl (C=O) groups is 1. The Morgan fingerprint density at radius 2 is 1.89 bits per heavy atom. The van der Waals surface area contributed by atoms with Crippen LogP contribution in [-0.2, 0) is 19.4 Å². The molecular formula is C33H42FN7O4S. The molecule has 1 aromatic carbocycles. The third-order valence-electron chi connectivity index (χ3n) is 9.26. The minimum Gasteiger partial charge on any atom is -0.378 e. The number of methoxy groups -OCH3 is 1. The first-order chi connectivity index (χ1) is 21.9. The van der Waals surface area contributed by atoms with Crippen molar-refractivity contribution in [3.63, 3.8) is 0 Å². The molecule has 1 amide bonds. The zero-order valence-corrected chi connectivity index (χ0v) is 27.6. The van der Waals surface area contributed by atoms with Gasteiger partial charge in [-0.05, 0) is 53.1 Å². The Balaban J connectivity index is 1.33. The van der Waals surface area contributed by atoms with Crippen LogP contribution in [0.3, 0.4) is 0 Å². The van der Waals surface area contributed by atoms with Crippen LogP contribution in [0, 0.1) is 5.92 Å². The van der Waals surface area contributed by atoms with E-state index < -0.39 is 22.1 Å². The monoisotopic (exact) mass is 651 g/mol. The highest BCUT2D eigenvalue weighted by Crippen LogP contribution is 2.43. The molecule has 0 radical (unpaired) electrons. The van der Waals surface area contributed by atoms with Crippen molar-refractivity contribution in [2.24, 2.45) is 5.92 Å². The van der Waals surface area contributed by atoms with Gasteiger partial charge in [0.2, 0.25) is 11.9 Å². The highest BCUT2D eigenvalue weighted by molar-refractivity contribution is 7.90. The Labute approximate surface area is 269 Å². The quantitative estimate of drug-likeness (QED) is 0.322. The second-order valence-electron chi connectivity index (χ2n) is 13.1. The van der Waals surface area contributed by atoms with Crippen LogP contribution in [0.2, 0.25) is 0 Å². The van der Waals surface area contributed by atoms with Gasteiger partial charge in [-0.2, -0.15) is 4.98 Å². The SMILES string of the molecule is C=CC(=O)N1CC(c2cc(N3CC(CS(C)(=O)=O)C3)c3cnc(Nc4ccnc(N5CC[C@@H](OC)[C@@H](F)C5)n4)cc3c2C(C)C)C1. The first-order valence-electron chi connectivity index (χ1n) is 15.8. The van der Waals surface area contributed by atoms with Gasteiger partial charge in [-0.25, -0.2) is 22.8 Å². The fraction of sp³-hybridized carbons (Fsp3) is 0.515. The van der Waals surface area contributed by atoms with Crippen LogP contribution in [0.4, 0.5) is 27.7 Å². The van der Waals surface area contributed by atoms with E-state index in [9.17, 15) is 17.6 Å². The van der Waals surface area contributed by atoms with E-state index in [1.54, 1.807) is 17.2 Å². The first-order valence-corrected chi connectivity index (χ1v) is 17.8. The van der Waals surface area contributed by atoms with E-state index in [4.69, 9.17) is 9.72 Å². The molecular weight excluding hydrogens is 609 g/mol. The summed E-state index contributed by atoms with van der Waals surface area (Å²) in [5, 5.41) is 5.38. The van der Waals surface area contributed by atoms with Gasteiger partial charge in [0.25, 0.3) is 0 Å². The normalized spacial score (nSPS) is 21.0. The van der Waals surface area contributed by atoms with E-state index >= 15 is 0 Å². The predicted molar refractivity (Wildman–Crippen MR) is 179 cm³/mol. The number of nitrogens with zero attached hydrogens (tertiary/aromatic N) is 6. The van der Waals surface area contributed by atoms with Crippen molar-refractivity contribution in [3.8, 4) is 0 Å². The smallest absolute Gasteiger partial charge is 0.245 e. The number of halogens is 1. The topological polar surface area (TPSA) is 121 Å². The molecule has 5 heterocycles. The van der Waals surface area contributed by atoms with Crippen molar-refractivity contribution < 1.29 is 22.3 Å². The number of ether oxygens (including phenoxy) is 1. The van der Waals surface area contributed by atoms with E-state index in [0.29, 0.717) is 56.7 Å². The molecule has 246 valence electrons. The van der Waals surface area contributed by atoms with Gasteiger partial charge in [0, 0.05) is 81.4 Å². The Bertz CT molecular complexity index is 1740. The summed E-state index contributed by atoms with van der Waals surface area (Å²) in [6.07, 6.45) is 5.18. The number of pyridine rings is 1. The summed E-state index contributed by atoms with van der Waals surface area (Å²) in [4.78, 5) is 32.0. The summed E-state index contributed by atoms with van der Waals surface area (Å²) < 4.78 is 43.7. The van der Waals surface area contributed by atoms with Crippen LogP contribution in [-0.4, -0.2) is 105 Å². The third kappa shape index (κ3) is 6.52. The second kappa shape index (κ2) is 12.7. The number of anilines is 4. The molecule has 6 rings (SSSR count). The summed E-state index contributed by atoms with van der Waals surface area (Å²) >= 11 is 0. The maximum atomic E-state index is 14.6. The largest absolute Gasteiger partial charge is 0.378 e. The highest BCUT2D eigenvalue weighted by atomic mass is 32.2. The number of benzene rings is 1. The Morgan fingerprint density at radius 1 is 1.13 bits per heavy atom. The number of likely N-dealkylation sites (tertiary alicyclic amines) is 1. The molecule has 1 N–H and O–H groups in total. The lowest BCUT2D eigenvalue weighted by Gasteiger charge is -2.44. The molecule has 3 saturated heterocycles. The molecule has 3 aromatic rings. The number of nitrogens with one attached hydrogen (secondary N) is 1. The maximum absolute atomic E-state index is 14.6. The lowest BCUT2D eigenvalue weighted by atomic mass is 9.81. The zero-order chi connectivity index (χ0) is 32.7. The zero-order valence-electron chi connectivity index (χ0n) is 26.8. The molecule has 2 aromatic heterocycles. The van der Waals surface area contributed by atoms with Gasteiger partial charge in [0.05, 0.1) is 18.4 Å². The number of rotatable bonds is 10. The standard InChI is InChI=1S/C33H42FN7O4S/c1-6-31(42)41-16-22(17-41)23-11-27(40-14-21(15-40)19-46(5,43)44)25-13-36-30(12-24(25)32(23)20(2)3)37-29-7-9-35-33(38-29)39-10-8-28(45-4)26(34)18-39/h6-7,9,11-13,20-22,26,28H,1,8,10,14-19H2,2-5H3,(H,35,36,37,38)/t26-,28+/m0/s1. The number of carbonyl (C=O) groups excluding carboxylic acids is 1. The minimum atomic E-state index is -3.07. The summed E-state index contributed by atoms with van der Waals surface area (Å²) in [7, 11) is -1.53. The van der Waals surface area contributed by atoms with Gasteiger partial charge >= 0.3 is 0 Å². The molecule has 46 heavy (non-hydrogen) atoms. The van der Waals surface area contributed by atoms with Crippen molar-refractivity contribution in [2.45, 2.75) is 44.4 Å². The number of hydrogen-bond acceptors (Lipinski definition) is 10. The van der Waals surface area contributed by atoms with Crippen molar-refractivity contribution in [3.05, 3.63) is 54.4 Å². The van der Waals surface area contributed by atoms with Crippen LogP contribution in [0.15, 0.2) is 43.2 Å². The van der Waals surface area contributed by atoms with E-state index in [1.165, 1.54) is 30.6 Å². The Kier molecular flexibility index (Phi) is 8.90. The van der Waals surface area contributed by atoms with Crippen LogP contribution < -0.4 is 15.1 Å². The van der Waals surface area contributed by atoms with Crippen molar-refractivity contribution >= 4 is 49.8 Å². The van der Waals surface area contributed by atoms with Crippen molar-refractivity contribution in [1.82, 2.24) is 19.9 Å². The molecule has 13 heteroatoms. The molecule has 3 aliphatic rings. The molecule has 0 spiro atoms. The summed E-state index contributed by atoms with van der Waals surface area (Å²) in [6, 6.07) is 6.03. The van der Waals surface area contributed by atoms with Crippen LogP contribution in [0.5, 0.6) is 0 Å². The number of alkyl halides is 1. The van der Waals surface area contributed by atoms with Gasteiger partial charge in [0.1, 0.15) is 27.6 Å². The van der Waals surface area contributed by atoms with Gasteiger partial charge in [-0.1, -0.05) is 20.4 Å². The average Bonchev–Trinajstić information content (AvgIpc) is 2.96. The van der Waals surface area contributed by atoms with Gasteiger partial charge in [0.15, 0.2) is 0 Å². The lowest BCUT2D eigenvalue weighted by Crippen LogP contribution is -2.50. The first kappa shape index (κ1) is 32.1. The molecule has 0 bridgehead atoms. The summed E-state index contributed by atoms with van der Waals surface area (Å²) in [5.74, 6) is 2.15. The molecule has 0 unspecified atom stereocenters. The number of sulfone groups is 1. The highest BCUT2D eigenvalue weighted by Gasteiger charge is 2.36. The predicted octanol–water partition coefficient (Wildman–Crippen LogP) is 4.05. The van der Waals surface area contributed by atoms with Crippen molar-refractivity contribution in [1.29, 1.82) is 0 Å². The summed E-state index contributed by atoms with van der Waals surface area (Å²) in [6.45, 7) is 11.3. The maximum Gasteiger partial charge on any atom is 0.245 e. The number of amides is 1.